The van der Waals surface area contributed by atoms with Crippen molar-refractivity contribution in [3.63, 3.8) is 0 Å². The predicted molar refractivity (Wildman–Crippen MR) is 176 cm³/mol. The maximum atomic E-state index is 6.46. The third-order valence-electron chi connectivity index (χ3n) is 9.06. The minimum atomic E-state index is 0. The molecule has 0 radical (unpaired) electrons. The Kier molecular flexibility index (Phi) is 8.54. The van der Waals surface area contributed by atoms with E-state index in [1.165, 1.54) is 49.5 Å². The molecule has 0 unspecified atom stereocenters. The highest BCUT2D eigenvalue weighted by molar-refractivity contribution is 7.15. The molecule has 1 saturated heterocycles. The van der Waals surface area contributed by atoms with Crippen molar-refractivity contribution >= 4 is 28.2 Å². The molecule has 7 rings (SSSR count). The molecule has 0 amide bonds. The van der Waals surface area contributed by atoms with Crippen LogP contribution in [0.3, 0.4) is 0 Å². The zero-order valence-corrected chi connectivity index (χ0v) is 25.9. The molecule has 2 fully saturated rings. The van der Waals surface area contributed by atoms with Crippen molar-refractivity contribution in [2.75, 3.05) is 39.0 Å². The molecule has 1 saturated carbocycles. The van der Waals surface area contributed by atoms with Crippen molar-refractivity contribution in [2.45, 2.75) is 51.1 Å². The predicted octanol–water partition coefficient (Wildman–Crippen LogP) is 6.32. The molecule has 43 heavy (non-hydrogen) atoms. The fraction of sp³-hybridized carbons (Fsp3) is 0.394. The summed E-state index contributed by atoms with van der Waals surface area (Å²) in [5.41, 5.74) is 12.5. The molecule has 2 aromatic carbocycles. The minimum absolute atomic E-state index is 0. The van der Waals surface area contributed by atoms with E-state index < -0.39 is 0 Å². The average molecular weight is 596 g/mol. The van der Waals surface area contributed by atoms with Gasteiger partial charge >= 0.3 is 0 Å². The van der Waals surface area contributed by atoms with Gasteiger partial charge in [0.05, 0.1) is 17.1 Å². The summed E-state index contributed by atoms with van der Waals surface area (Å²) in [4.78, 5) is 20.5. The van der Waals surface area contributed by atoms with Gasteiger partial charge < -0.3 is 16.8 Å². The minimum Gasteiger partial charge on any atom is -0.383 e. The van der Waals surface area contributed by atoms with Crippen LogP contribution in [0.5, 0.6) is 0 Å². The van der Waals surface area contributed by atoms with E-state index in [2.05, 4.69) is 87.0 Å². The Morgan fingerprint density at radius 3 is 2.16 bits per heavy atom. The fourth-order valence-electron chi connectivity index (χ4n) is 6.61. The second-order valence-corrected chi connectivity index (χ2v) is 12.7. The van der Waals surface area contributed by atoms with Crippen LogP contribution in [0.15, 0.2) is 60.9 Å². The third-order valence-corrected chi connectivity index (χ3v) is 10.3. The van der Waals surface area contributed by atoms with Gasteiger partial charge in [0.1, 0.15) is 22.8 Å². The summed E-state index contributed by atoms with van der Waals surface area (Å²) in [5.74, 6) is 0.483. The first-order valence-corrected chi connectivity index (χ1v) is 16.0. The molecule has 1 aliphatic carbocycles. The second-order valence-electron chi connectivity index (χ2n) is 11.6. The number of nitrogens with zero attached hydrogens (tertiary/aromatic N) is 7. The topological polar surface area (TPSA) is 124 Å². The van der Waals surface area contributed by atoms with E-state index in [1.54, 1.807) is 17.7 Å². The molecule has 224 valence electrons. The number of likely N-dealkylation sites (N-methyl/N-ethyl adjacent to an activating group) is 1. The number of fused-ring (bicyclic) bond motifs is 1. The number of nitrogens with two attached hydrogens (primary N) is 1. The van der Waals surface area contributed by atoms with Crippen LogP contribution in [-0.4, -0.2) is 73.8 Å². The number of nitrogen functional groups attached to an aromatic ring is 1. The Bertz CT molecular complexity index is 1660. The average Bonchev–Trinajstić information content (AvgIpc) is 3.65. The lowest BCUT2D eigenvalue weighted by molar-refractivity contribution is 0.0815. The molecule has 9 nitrogen and oxygen atoms in total. The highest BCUT2D eigenvalue weighted by atomic mass is 32.1. The highest BCUT2D eigenvalue weighted by Gasteiger charge is 2.30. The number of piperazine rings is 1. The van der Waals surface area contributed by atoms with Crippen LogP contribution in [0.2, 0.25) is 0 Å². The summed E-state index contributed by atoms with van der Waals surface area (Å²) in [7, 11) is 2.22. The molecule has 10 heteroatoms. The van der Waals surface area contributed by atoms with Crippen LogP contribution >= 0.6 is 11.3 Å². The first kappa shape index (κ1) is 29.4. The Labute approximate surface area is 257 Å². The summed E-state index contributed by atoms with van der Waals surface area (Å²) < 4.78 is 2.14. The number of hydrogen-bond acceptors (Lipinski definition) is 9. The summed E-state index contributed by atoms with van der Waals surface area (Å²) >= 11 is 1.77. The van der Waals surface area contributed by atoms with Gasteiger partial charge in [0.15, 0.2) is 5.65 Å². The van der Waals surface area contributed by atoms with Gasteiger partial charge in [-0.2, -0.15) is 5.10 Å². The molecule has 0 bridgehead atoms. The smallest absolute Gasteiger partial charge is 0.164 e. The molecule has 1 aliphatic heterocycles. The first-order valence-electron chi connectivity index (χ1n) is 15.2. The lowest BCUT2D eigenvalue weighted by atomic mass is 9.90. The number of thiazole rings is 1. The van der Waals surface area contributed by atoms with Gasteiger partial charge in [-0.3, -0.25) is 4.90 Å². The van der Waals surface area contributed by atoms with Crippen molar-refractivity contribution in [1.29, 1.82) is 0 Å². The Morgan fingerprint density at radius 2 is 1.47 bits per heavy atom. The van der Waals surface area contributed by atoms with Crippen molar-refractivity contribution in [3.8, 4) is 33.1 Å². The summed E-state index contributed by atoms with van der Waals surface area (Å²) in [5, 5.41) is 7.05. The summed E-state index contributed by atoms with van der Waals surface area (Å²) in [6.45, 7) is 6.88. The van der Waals surface area contributed by atoms with Crippen molar-refractivity contribution in [2.24, 2.45) is 0 Å². The highest BCUT2D eigenvalue weighted by Crippen LogP contribution is 2.39. The lowest BCUT2D eigenvalue weighted by Crippen LogP contribution is -2.49. The first-order chi connectivity index (χ1) is 20.6. The van der Waals surface area contributed by atoms with E-state index in [9.17, 15) is 0 Å². The fourth-order valence-corrected chi connectivity index (χ4v) is 7.64. The van der Waals surface area contributed by atoms with E-state index in [0.29, 0.717) is 17.9 Å². The maximum absolute atomic E-state index is 6.46. The normalized spacial score (nSPS) is 19.9. The van der Waals surface area contributed by atoms with Crippen LogP contribution in [0.4, 0.5) is 5.82 Å². The van der Waals surface area contributed by atoms with Gasteiger partial charge in [-0.15, -0.1) is 11.3 Å². The van der Waals surface area contributed by atoms with Crippen molar-refractivity contribution in [1.82, 2.24) is 40.7 Å². The standard InChI is InChI=1S/C33H38N8S.H3N/c1-3-27-29(22-7-5-4-6-8-22)37-33(42-27)24-11-9-23(10-12-24)30-28-31(34)35-21-36-32(28)41(38-30)26-15-13-25(14-16-26)40-19-17-39(2)18-20-40;/h4-12,21,25-26H,3,13-20H2,1-2H3,(H2,34,35,36);1H3. The molecular weight excluding hydrogens is 554 g/mol. The van der Waals surface area contributed by atoms with Gasteiger partial charge in [0.25, 0.3) is 0 Å². The van der Waals surface area contributed by atoms with E-state index in [4.69, 9.17) is 15.8 Å². The summed E-state index contributed by atoms with van der Waals surface area (Å²) in [6.07, 6.45) is 7.11. The van der Waals surface area contributed by atoms with Crippen molar-refractivity contribution < 1.29 is 0 Å². The molecule has 2 aliphatic rings. The monoisotopic (exact) mass is 595 g/mol. The van der Waals surface area contributed by atoms with Crippen LogP contribution in [0.25, 0.3) is 44.1 Å². The number of aryl methyl sites for hydroxylation is 1. The van der Waals surface area contributed by atoms with Crippen LogP contribution in [-0.2, 0) is 6.42 Å². The van der Waals surface area contributed by atoms with Gasteiger partial charge in [0, 0.05) is 53.8 Å². The van der Waals surface area contributed by atoms with E-state index in [0.717, 1.165) is 57.8 Å². The Morgan fingerprint density at radius 1 is 0.814 bits per heavy atom. The molecule has 4 heterocycles. The molecule has 3 aromatic heterocycles. The summed E-state index contributed by atoms with van der Waals surface area (Å²) in [6, 6.07) is 20.0. The van der Waals surface area contributed by atoms with Crippen LogP contribution in [0.1, 0.15) is 43.5 Å². The van der Waals surface area contributed by atoms with E-state index >= 15 is 0 Å². The van der Waals surface area contributed by atoms with E-state index in [-0.39, 0.29) is 6.15 Å². The number of hydrogen-bond donors (Lipinski definition) is 2. The van der Waals surface area contributed by atoms with Gasteiger partial charge in [0.2, 0.25) is 0 Å². The number of benzene rings is 2. The largest absolute Gasteiger partial charge is 0.383 e. The lowest BCUT2D eigenvalue weighted by Gasteiger charge is -2.41. The number of aromatic nitrogens is 5. The quantitative estimate of drug-likeness (QED) is 0.234. The molecule has 5 N–H and O–H groups in total. The van der Waals surface area contributed by atoms with Gasteiger partial charge in [-0.25, -0.2) is 19.6 Å². The SMILES string of the molecule is CCc1sc(-c2ccc(-c3nn(C4CCC(N5CCN(C)CC5)CC4)c4ncnc(N)c34)cc2)nc1-c1ccccc1.N. The molecule has 0 atom stereocenters. The Balaban J connectivity index is 0.00000329. The van der Waals surface area contributed by atoms with Crippen LogP contribution in [0, 0.1) is 0 Å². The molecule has 0 spiro atoms. The molecule has 5 aromatic rings. The molecular formula is C33H41N9S. The third kappa shape index (κ3) is 5.68. The number of rotatable bonds is 6. The van der Waals surface area contributed by atoms with Gasteiger partial charge in [-0.1, -0.05) is 61.5 Å². The zero-order valence-electron chi connectivity index (χ0n) is 25.1. The van der Waals surface area contributed by atoms with Crippen molar-refractivity contribution in [3.05, 3.63) is 65.8 Å². The zero-order chi connectivity index (χ0) is 28.6. The van der Waals surface area contributed by atoms with Crippen LogP contribution < -0.4 is 11.9 Å². The number of anilines is 1. The van der Waals surface area contributed by atoms with E-state index in [1.807, 2.05) is 6.07 Å². The second kappa shape index (κ2) is 12.5. The van der Waals surface area contributed by atoms with Gasteiger partial charge in [-0.05, 0) is 39.2 Å². The maximum Gasteiger partial charge on any atom is 0.164 e. The Hall–Kier alpha value is -3.70.